The molecule has 13 heavy (non-hydrogen) atoms. The topological polar surface area (TPSA) is 3.24 Å². The van der Waals surface area contributed by atoms with E-state index in [2.05, 4.69) is 39.5 Å². The maximum atomic E-state index is 2.60. The Labute approximate surface area is 87.3 Å². The molecule has 0 aliphatic rings. The van der Waals surface area contributed by atoms with Crippen LogP contribution in [-0.4, -0.2) is 34.3 Å². The van der Waals surface area contributed by atoms with E-state index in [0.29, 0.717) is 5.04 Å². The van der Waals surface area contributed by atoms with Crippen molar-refractivity contribution in [2.75, 3.05) is 13.1 Å². The molecule has 0 bridgehead atoms. The molecule has 0 radical (unpaired) electrons. The first-order valence-electron chi connectivity index (χ1n) is 5.79. The highest BCUT2D eigenvalue weighted by atomic mass is 28.1. The molecule has 0 rings (SSSR count). The fourth-order valence-electron chi connectivity index (χ4n) is 2.05. The van der Waals surface area contributed by atoms with Gasteiger partial charge in [0, 0.05) is 16.3 Å². The lowest BCUT2D eigenvalue weighted by Crippen LogP contribution is -2.42. The maximum Gasteiger partial charge on any atom is 0.0126 e. The predicted octanol–water partition coefficient (Wildman–Crippen LogP) is 2.06. The van der Waals surface area contributed by atoms with Crippen molar-refractivity contribution in [3.05, 3.63) is 0 Å². The second-order valence-corrected chi connectivity index (χ2v) is 6.25. The molecular formula is C11H27NSi. The van der Waals surface area contributed by atoms with Gasteiger partial charge in [0.1, 0.15) is 0 Å². The SMILES string of the molecule is CCN(CC)C(C)C([SiH3])(CC)CC. The first-order valence-corrected chi connectivity index (χ1v) is 6.79. The number of nitrogens with zero attached hydrogens (tertiary/aromatic N) is 1. The van der Waals surface area contributed by atoms with Crippen molar-refractivity contribution in [3.63, 3.8) is 0 Å². The van der Waals surface area contributed by atoms with Gasteiger partial charge in [-0.25, -0.2) is 0 Å². The minimum atomic E-state index is 0.631. The molecule has 0 amide bonds. The zero-order valence-electron chi connectivity index (χ0n) is 10.4. The van der Waals surface area contributed by atoms with E-state index in [0.717, 1.165) is 6.04 Å². The molecule has 0 aromatic carbocycles. The molecule has 0 fully saturated rings. The number of hydrogen-bond donors (Lipinski definition) is 0. The van der Waals surface area contributed by atoms with Crippen LogP contribution in [0.3, 0.4) is 0 Å². The van der Waals surface area contributed by atoms with E-state index < -0.39 is 0 Å². The summed E-state index contributed by atoms with van der Waals surface area (Å²) in [6.45, 7) is 14.0. The van der Waals surface area contributed by atoms with Crippen molar-refractivity contribution in [1.82, 2.24) is 4.90 Å². The van der Waals surface area contributed by atoms with Gasteiger partial charge in [-0.3, -0.25) is 0 Å². The van der Waals surface area contributed by atoms with Crippen LogP contribution in [0.1, 0.15) is 47.5 Å². The van der Waals surface area contributed by atoms with E-state index >= 15 is 0 Å². The molecule has 0 aliphatic carbocycles. The van der Waals surface area contributed by atoms with Crippen LogP contribution >= 0.6 is 0 Å². The highest BCUT2D eigenvalue weighted by Gasteiger charge is 2.30. The zero-order valence-corrected chi connectivity index (χ0v) is 12.4. The molecule has 0 aromatic rings. The van der Waals surface area contributed by atoms with Crippen LogP contribution in [0.4, 0.5) is 0 Å². The van der Waals surface area contributed by atoms with Crippen LogP contribution in [0.15, 0.2) is 0 Å². The van der Waals surface area contributed by atoms with Gasteiger partial charge < -0.3 is 4.90 Å². The third kappa shape index (κ3) is 3.10. The Morgan fingerprint density at radius 3 is 1.69 bits per heavy atom. The van der Waals surface area contributed by atoms with E-state index in [4.69, 9.17) is 0 Å². The Balaban J connectivity index is 4.42. The summed E-state index contributed by atoms with van der Waals surface area (Å²) in [5, 5.41) is 0.631. The zero-order chi connectivity index (χ0) is 10.5. The minimum absolute atomic E-state index is 0.631. The van der Waals surface area contributed by atoms with Crippen molar-refractivity contribution in [2.24, 2.45) is 0 Å². The van der Waals surface area contributed by atoms with Crippen LogP contribution in [0, 0.1) is 0 Å². The Kier molecular flexibility index (Phi) is 5.89. The lowest BCUT2D eigenvalue weighted by molar-refractivity contribution is 0.173. The lowest BCUT2D eigenvalue weighted by atomic mass is 9.92. The van der Waals surface area contributed by atoms with Crippen LogP contribution in [0.2, 0.25) is 5.04 Å². The van der Waals surface area contributed by atoms with Gasteiger partial charge in [0.15, 0.2) is 0 Å². The largest absolute Gasteiger partial charge is 0.301 e. The number of rotatable bonds is 6. The molecule has 0 N–H and O–H groups in total. The summed E-state index contributed by atoms with van der Waals surface area (Å²) in [7, 11) is 1.32. The third-order valence-electron chi connectivity index (χ3n) is 3.98. The van der Waals surface area contributed by atoms with Crippen molar-refractivity contribution < 1.29 is 0 Å². The van der Waals surface area contributed by atoms with Crippen molar-refractivity contribution in [3.8, 4) is 0 Å². The van der Waals surface area contributed by atoms with Gasteiger partial charge in [-0.2, -0.15) is 0 Å². The van der Waals surface area contributed by atoms with Crippen molar-refractivity contribution in [1.29, 1.82) is 0 Å². The molecule has 1 atom stereocenters. The van der Waals surface area contributed by atoms with Gasteiger partial charge in [0.05, 0.1) is 0 Å². The summed E-state index contributed by atoms with van der Waals surface area (Å²) in [4.78, 5) is 2.60. The molecular weight excluding hydrogens is 174 g/mol. The molecule has 2 heteroatoms. The third-order valence-corrected chi connectivity index (χ3v) is 6.23. The normalized spacial score (nSPS) is 15.2. The van der Waals surface area contributed by atoms with Gasteiger partial charge in [-0.15, -0.1) is 0 Å². The second kappa shape index (κ2) is 5.81. The molecule has 0 saturated carbocycles. The smallest absolute Gasteiger partial charge is 0.0126 e. The molecule has 1 unspecified atom stereocenters. The molecule has 80 valence electrons. The maximum absolute atomic E-state index is 2.60. The van der Waals surface area contributed by atoms with Gasteiger partial charge >= 0.3 is 0 Å². The highest BCUT2D eigenvalue weighted by molar-refractivity contribution is 6.15. The standard InChI is InChI=1S/C11H27NSi/c1-6-11(13,7-2)10(5)12(8-3)9-4/h10H,6-9H2,1-5,13H3. The molecule has 0 saturated heterocycles. The fourth-order valence-corrected chi connectivity index (χ4v) is 2.42. The summed E-state index contributed by atoms with van der Waals surface area (Å²) in [6.07, 6.45) is 2.68. The van der Waals surface area contributed by atoms with Crippen LogP contribution in [0.25, 0.3) is 0 Å². The highest BCUT2D eigenvalue weighted by Crippen LogP contribution is 2.37. The van der Waals surface area contributed by atoms with Gasteiger partial charge in [-0.1, -0.05) is 40.5 Å². The van der Waals surface area contributed by atoms with Crippen molar-refractivity contribution >= 4 is 10.2 Å². The Morgan fingerprint density at radius 1 is 1.08 bits per heavy atom. The summed E-state index contributed by atoms with van der Waals surface area (Å²) in [6, 6.07) is 0.768. The van der Waals surface area contributed by atoms with E-state index in [1.165, 1.54) is 36.2 Å². The van der Waals surface area contributed by atoms with Gasteiger partial charge in [0.2, 0.25) is 0 Å². The molecule has 1 nitrogen and oxygen atoms in total. The number of hydrogen-bond acceptors (Lipinski definition) is 1. The molecule has 0 aromatic heterocycles. The summed E-state index contributed by atoms with van der Waals surface area (Å²) in [5.74, 6) is 0. The Bertz CT molecular complexity index is 128. The molecule has 0 aliphatic heterocycles. The van der Waals surface area contributed by atoms with Gasteiger partial charge in [-0.05, 0) is 25.1 Å². The first kappa shape index (κ1) is 13.2. The average molecular weight is 201 g/mol. The first-order chi connectivity index (χ1) is 6.05. The minimum Gasteiger partial charge on any atom is -0.301 e. The van der Waals surface area contributed by atoms with E-state index in [9.17, 15) is 0 Å². The Hall–Kier alpha value is 0.177. The monoisotopic (exact) mass is 201 g/mol. The van der Waals surface area contributed by atoms with Crippen LogP contribution in [-0.2, 0) is 0 Å². The average Bonchev–Trinajstić information content (AvgIpc) is 2.18. The van der Waals surface area contributed by atoms with Gasteiger partial charge in [0.25, 0.3) is 0 Å². The summed E-state index contributed by atoms with van der Waals surface area (Å²) in [5.41, 5.74) is 0. The van der Waals surface area contributed by atoms with Crippen LogP contribution < -0.4 is 0 Å². The van der Waals surface area contributed by atoms with E-state index in [1.54, 1.807) is 0 Å². The predicted molar refractivity (Wildman–Crippen MR) is 65.6 cm³/mol. The molecule has 0 spiro atoms. The van der Waals surface area contributed by atoms with Crippen LogP contribution in [0.5, 0.6) is 0 Å². The quantitative estimate of drug-likeness (QED) is 0.595. The van der Waals surface area contributed by atoms with Crippen molar-refractivity contribution in [2.45, 2.75) is 58.5 Å². The molecule has 0 heterocycles. The fraction of sp³-hybridized carbons (Fsp3) is 1.00. The summed E-state index contributed by atoms with van der Waals surface area (Å²) >= 11 is 0. The summed E-state index contributed by atoms with van der Waals surface area (Å²) < 4.78 is 0. The second-order valence-electron chi connectivity index (χ2n) is 4.26. The lowest BCUT2D eigenvalue weighted by Gasteiger charge is -2.41. The van der Waals surface area contributed by atoms with E-state index in [-0.39, 0.29) is 0 Å². The van der Waals surface area contributed by atoms with E-state index in [1.807, 2.05) is 0 Å². The Morgan fingerprint density at radius 2 is 1.46 bits per heavy atom.